The van der Waals surface area contributed by atoms with Crippen molar-refractivity contribution in [3.63, 3.8) is 0 Å². The molecule has 0 saturated heterocycles. The molecule has 0 amide bonds. The SMILES string of the molecule is Cc1oc(C)c(S(=O)(=O)NCCOCCO)c1C(=O)O. The van der Waals surface area contributed by atoms with Gasteiger partial charge in [0.1, 0.15) is 22.0 Å². The van der Waals surface area contributed by atoms with Crippen molar-refractivity contribution in [1.29, 1.82) is 0 Å². The smallest absolute Gasteiger partial charge is 0.340 e. The molecule has 0 radical (unpaired) electrons. The van der Waals surface area contributed by atoms with Crippen LogP contribution in [0.4, 0.5) is 0 Å². The van der Waals surface area contributed by atoms with Crippen LogP contribution in [0.25, 0.3) is 0 Å². The molecule has 20 heavy (non-hydrogen) atoms. The fraction of sp³-hybridized carbons (Fsp3) is 0.545. The first-order chi connectivity index (χ1) is 9.31. The van der Waals surface area contributed by atoms with Gasteiger partial charge in [-0.25, -0.2) is 17.9 Å². The molecule has 1 aromatic heterocycles. The Kier molecular flexibility index (Phi) is 5.69. The van der Waals surface area contributed by atoms with Crippen LogP contribution in [0.15, 0.2) is 9.31 Å². The van der Waals surface area contributed by atoms with Gasteiger partial charge in [0.2, 0.25) is 10.0 Å². The van der Waals surface area contributed by atoms with Gasteiger partial charge in [0.05, 0.1) is 19.8 Å². The predicted octanol–water partition coefficient (Wildman–Crippen LogP) is -0.118. The van der Waals surface area contributed by atoms with Gasteiger partial charge in [-0.1, -0.05) is 0 Å². The molecule has 0 aromatic carbocycles. The fourth-order valence-corrected chi connectivity index (χ4v) is 3.14. The van der Waals surface area contributed by atoms with Crippen LogP contribution in [0.1, 0.15) is 21.9 Å². The minimum absolute atomic E-state index is 0.0173. The molecular formula is C11H17NO7S. The van der Waals surface area contributed by atoms with Crippen LogP contribution < -0.4 is 4.72 Å². The Bertz CT molecular complexity index is 576. The first-order valence-electron chi connectivity index (χ1n) is 5.82. The van der Waals surface area contributed by atoms with Crippen LogP contribution in [0.2, 0.25) is 0 Å². The van der Waals surface area contributed by atoms with Crippen molar-refractivity contribution in [3.05, 3.63) is 17.1 Å². The number of carbonyl (C=O) groups is 1. The zero-order valence-corrected chi connectivity index (χ0v) is 12.0. The number of carboxylic acids is 1. The van der Waals surface area contributed by atoms with Crippen LogP contribution >= 0.6 is 0 Å². The maximum atomic E-state index is 12.1. The average Bonchev–Trinajstić information content (AvgIpc) is 2.64. The van der Waals surface area contributed by atoms with E-state index in [0.717, 1.165) is 0 Å². The van der Waals surface area contributed by atoms with Gasteiger partial charge >= 0.3 is 5.97 Å². The summed E-state index contributed by atoms with van der Waals surface area (Å²) in [6.07, 6.45) is 0. The molecule has 9 heteroatoms. The number of nitrogens with one attached hydrogen (secondary N) is 1. The second-order valence-electron chi connectivity index (χ2n) is 3.96. The number of aryl methyl sites for hydroxylation is 2. The number of rotatable bonds is 8. The van der Waals surface area contributed by atoms with Gasteiger partial charge in [0.25, 0.3) is 0 Å². The van der Waals surface area contributed by atoms with Crippen LogP contribution in [0, 0.1) is 13.8 Å². The normalized spacial score (nSPS) is 11.8. The topological polar surface area (TPSA) is 126 Å². The number of carboxylic acid groups (broad SMARTS) is 1. The second kappa shape index (κ2) is 6.84. The quantitative estimate of drug-likeness (QED) is 0.572. The zero-order valence-electron chi connectivity index (χ0n) is 11.2. The van der Waals surface area contributed by atoms with E-state index in [-0.39, 0.29) is 48.3 Å². The number of aliphatic hydroxyl groups is 1. The molecular weight excluding hydrogens is 290 g/mol. The van der Waals surface area contributed by atoms with E-state index in [9.17, 15) is 13.2 Å². The number of hydrogen-bond acceptors (Lipinski definition) is 6. The summed E-state index contributed by atoms with van der Waals surface area (Å²) in [4.78, 5) is 10.7. The summed E-state index contributed by atoms with van der Waals surface area (Å²) in [6.45, 7) is 2.75. The van der Waals surface area contributed by atoms with E-state index in [1.165, 1.54) is 13.8 Å². The standard InChI is InChI=1S/C11H17NO7S/c1-7-9(11(14)15)10(8(2)19-7)20(16,17)12-3-5-18-6-4-13/h12-13H,3-6H2,1-2H3,(H,14,15). The van der Waals surface area contributed by atoms with Crippen molar-refractivity contribution in [3.8, 4) is 0 Å². The summed E-state index contributed by atoms with van der Waals surface area (Å²) in [7, 11) is -4.00. The number of ether oxygens (including phenoxy) is 1. The monoisotopic (exact) mass is 307 g/mol. The van der Waals surface area contributed by atoms with E-state index < -0.39 is 16.0 Å². The highest BCUT2D eigenvalue weighted by Gasteiger charge is 2.30. The summed E-state index contributed by atoms with van der Waals surface area (Å²) >= 11 is 0. The molecule has 0 bridgehead atoms. The highest BCUT2D eigenvalue weighted by Crippen LogP contribution is 2.26. The molecule has 0 unspecified atom stereocenters. The summed E-state index contributed by atoms with van der Waals surface area (Å²) in [5, 5.41) is 17.6. The maximum Gasteiger partial charge on any atom is 0.340 e. The highest BCUT2D eigenvalue weighted by molar-refractivity contribution is 7.89. The van der Waals surface area contributed by atoms with Crippen LogP contribution in [0.3, 0.4) is 0 Å². The molecule has 1 aromatic rings. The molecule has 0 aliphatic carbocycles. The number of hydrogen-bond donors (Lipinski definition) is 3. The lowest BCUT2D eigenvalue weighted by atomic mass is 10.2. The Morgan fingerprint density at radius 3 is 2.50 bits per heavy atom. The molecule has 0 saturated carbocycles. The van der Waals surface area contributed by atoms with Gasteiger partial charge in [-0.2, -0.15) is 0 Å². The Morgan fingerprint density at radius 2 is 1.95 bits per heavy atom. The Morgan fingerprint density at radius 1 is 1.30 bits per heavy atom. The summed E-state index contributed by atoms with van der Waals surface area (Å²) in [5.74, 6) is -1.31. The van der Waals surface area contributed by atoms with E-state index in [4.69, 9.17) is 19.4 Å². The van der Waals surface area contributed by atoms with Crippen molar-refractivity contribution >= 4 is 16.0 Å². The number of aliphatic hydroxyl groups excluding tert-OH is 1. The van der Waals surface area contributed by atoms with Gasteiger partial charge in [-0.15, -0.1) is 0 Å². The molecule has 3 N–H and O–H groups in total. The summed E-state index contributed by atoms with van der Waals surface area (Å²) in [6, 6.07) is 0. The van der Waals surface area contributed by atoms with Gasteiger partial charge < -0.3 is 19.4 Å². The van der Waals surface area contributed by atoms with E-state index >= 15 is 0 Å². The molecule has 1 rings (SSSR count). The lowest BCUT2D eigenvalue weighted by Crippen LogP contribution is -2.29. The molecule has 0 aliphatic rings. The van der Waals surface area contributed by atoms with Crippen LogP contribution in [-0.4, -0.2) is 51.0 Å². The van der Waals surface area contributed by atoms with Crippen LogP contribution in [0.5, 0.6) is 0 Å². The maximum absolute atomic E-state index is 12.1. The molecule has 0 aliphatic heterocycles. The number of sulfonamides is 1. The Hall–Kier alpha value is -1.42. The Labute approximate surface area is 116 Å². The second-order valence-corrected chi connectivity index (χ2v) is 5.66. The van der Waals surface area contributed by atoms with Crippen molar-refractivity contribution in [2.24, 2.45) is 0 Å². The van der Waals surface area contributed by atoms with Crippen molar-refractivity contribution in [2.45, 2.75) is 18.7 Å². The number of furan rings is 1. The lowest BCUT2D eigenvalue weighted by molar-refractivity contribution is 0.0691. The summed E-state index contributed by atoms with van der Waals surface area (Å²) < 4.78 is 36.4. The van der Waals surface area contributed by atoms with Gasteiger partial charge in [0.15, 0.2) is 0 Å². The first-order valence-corrected chi connectivity index (χ1v) is 7.31. The van der Waals surface area contributed by atoms with E-state index in [1.807, 2.05) is 0 Å². The van der Waals surface area contributed by atoms with Gasteiger partial charge in [0, 0.05) is 6.54 Å². The van der Waals surface area contributed by atoms with E-state index in [1.54, 1.807) is 0 Å². The molecule has 1 heterocycles. The molecule has 0 atom stereocenters. The molecule has 114 valence electrons. The Balaban J connectivity index is 2.90. The third-order valence-corrected chi connectivity index (χ3v) is 4.07. The van der Waals surface area contributed by atoms with E-state index in [2.05, 4.69) is 4.72 Å². The lowest BCUT2D eigenvalue weighted by Gasteiger charge is -2.07. The first kappa shape index (κ1) is 16.6. The minimum Gasteiger partial charge on any atom is -0.478 e. The predicted molar refractivity (Wildman–Crippen MR) is 68.2 cm³/mol. The van der Waals surface area contributed by atoms with Gasteiger partial charge in [-0.3, -0.25) is 0 Å². The largest absolute Gasteiger partial charge is 0.478 e. The van der Waals surface area contributed by atoms with E-state index in [0.29, 0.717) is 0 Å². The molecule has 0 fully saturated rings. The number of aromatic carboxylic acids is 1. The zero-order chi connectivity index (χ0) is 15.3. The summed E-state index contributed by atoms with van der Waals surface area (Å²) in [5.41, 5.74) is -0.369. The third-order valence-electron chi connectivity index (χ3n) is 2.46. The third kappa shape index (κ3) is 3.79. The molecule has 8 nitrogen and oxygen atoms in total. The average molecular weight is 307 g/mol. The minimum atomic E-state index is -4.00. The fourth-order valence-electron chi connectivity index (χ4n) is 1.72. The van der Waals surface area contributed by atoms with Crippen LogP contribution in [-0.2, 0) is 14.8 Å². The molecule has 0 spiro atoms. The van der Waals surface area contributed by atoms with Crippen molar-refractivity contribution < 1.29 is 32.6 Å². The highest BCUT2D eigenvalue weighted by atomic mass is 32.2. The van der Waals surface area contributed by atoms with Crippen molar-refractivity contribution in [1.82, 2.24) is 4.72 Å². The van der Waals surface area contributed by atoms with Gasteiger partial charge in [-0.05, 0) is 13.8 Å². The van der Waals surface area contributed by atoms with Crippen molar-refractivity contribution in [2.75, 3.05) is 26.4 Å².